The number of carbonyl (C=O) groups excluding carboxylic acids is 1. The molecule has 2 aromatic carbocycles. The smallest absolute Gasteiger partial charge is 0.247 e. The van der Waals surface area contributed by atoms with E-state index in [0.29, 0.717) is 13.0 Å². The van der Waals surface area contributed by atoms with Crippen LogP contribution in [0.15, 0.2) is 60.9 Å². The molecular weight excluding hydrogens is 321 g/mol. The number of hydrogen-bond acceptors (Lipinski definition) is 4. The topological polar surface area (TPSA) is 63.9 Å². The SMILES string of the molecule is CN(Cc1ccc(F)cc1)C(=O)C(Cc1ccccc1)n1cnnn1. The Morgan fingerprint density at radius 3 is 2.48 bits per heavy atom. The maximum atomic E-state index is 13.0. The van der Waals surface area contributed by atoms with Crippen LogP contribution in [0.25, 0.3) is 0 Å². The lowest BCUT2D eigenvalue weighted by atomic mass is 10.0. The molecule has 0 aliphatic carbocycles. The molecular formula is C18H18FN5O. The summed E-state index contributed by atoms with van der Waals surface area (Å²) in [5, 5.41) is 11.2. The molecule has 25 heavy (non-hydrogen) atoms. The Bertz CT molecular complexity index is 805. The van der Waals surface area contributed by atoms with Gasteiger partial charge in [-0.05, 0) is 33.7 Å². The molecule has 6 nitrogen and oxygen atoms in total. The molecule has 0 fully saturated rings. The Morgan fingerprint density at radius 2 is 1.84 bits per heavy atom. The molecule has 1 amide bonds. The van der Waals surface area contributed by atoms with Crippen LogP contribution in [0.4, 0.5) is 4.39 Å². The molecule has 128 valence electrons. The number of likely N-dealkylation sites (N-methyl/N-ethyl adjacent to an activating group) is 1. The van der Waals surface area contributed by atoms with Gasteiger partial charge in [-0.3, -0.25) is 4.79 Å². The van der Waals surface area contributed by atoms with Crippen molar-refractivity contribution < 1.29 is 9.18 Å². The van der Waals surface area contributed by atoms with Gasteiger partial charge in [0.2, 0.25) is 5.91 Å². The molecule has 0 aliphatic heterocycles. The van der Waals surface area contributed by atoms with E-state index in [2.05, 4.69) is 15.5 Å². The predicted octanol–water partition coefficient (Wildman–Crippen LogP) is 2.25. The van der Waals surface area contributed by atoms with Gasteiger partial charge < -0.3 is 4.90 Å². The number of rotatable bonds is 6. The molecule has 0 spiro atoms. The Balaban J connectivity index is 1.77. The predicted molar refractivity (Wildman–Crippen MR) is 89.9 cm³/mol. The van der Waals surface area contributed by atoms with E-state index >= 15 is 0 Å². The fourth-order valence-electron chi connectivity index (χ4n) is 2.64. The van der Waals surface area contributed by atoms with Crippen LogP contribution in [0.2, 0.25) is 0 Å². The van der Waals surface area contributed by atoms with E-state index in [0.717, 1.165) is 11.1 Å². The molecule has 3 rings (SSSR count). The quantitative estimate of drug-likeness (QED) is 0.691. The van der Waals surface area contributed by atoms with Crippen LogP contribution in [-0.2, 0) is 17.8 Å². The van der Waals surface area contributed by atoms with Gasteiger partial charge in [-0.15, -0.1) is 5.10 Å². The van der Waals surface area contributed by atoms with Crippen molar-refractivity contribution in [3.63, 3.8) is 0 Å². The van der Waals surface area contributed by atoms with Crippen LogP contribution < -0.4 is 0 Å². The average molecular weight is 339 g/mol. The number of nitrogens with zero attached hydrogens (tertiary/aromatic N) is 5. The van der Waals surface area contributed by atoms with Gasteiger partial charge in [-0.25, -0.2) is 9.07 Å². The third kappa shape index (κ3) is 4.26. The maximum Gasteiger partial charge on any atom is 0.247 e. The summed E-state index contributed by atoms with van der Waals surface area (Å²) >= 11 is 0. The third-order valence-electron chi connectivity index (χ3n) is 3.95. The van der Waals surface area contributed by atoms with E-state index in [4.69, 9.17) is 0 Å². The normalized spacial score (nSPS) is 11.9. The van der Waals surface area contributed by atoms with Gasteiger partial charge in [-0.2, -0.15) is 0 Å². The minimum absolute atomic E-state index is 0.111. The average Bonchev–Trinajstić information content (AvgIpc) is 3.16. The second-order valence-corrected chi connectivity index (χ2v) is 5.82. The first kappa shape index (κ1) is 16.8. The zero-order valence-electron chi connectivity index (χ0n) is 13.8. The van der Waals surface area contributed by atoms with Gasteiger partial charge >= 0.3 is 0 Å². The van der Waals surface area contributed by atoms with Crippen molar-refractivity contribution >= 4 is 5.91 Å². The van der Waals surface area contributed by atoms with Crippen molar-refractivity contribution in [1.29, 1.82) is 0 Å². The van der Waals surface area contributed by atoms with Crippen molar-refractivity contribution in [2.75, 3.05) is 7.05 Å². The molecule has 3 aromatic rings. The summed E-state index contributed by atoms with van der Waals surface area (Å²) in [4.78, 5) is 14.6. The monoisotopic (exact) mass is 339 g/mol. The summed E-state index contributed by atoms with van der Waals surface area (Å²) in [5.74, 6) is -0.408. The van der Waals surface area contributed by atoms with Gasteiger partial charge in [0.25, 0.3) is 0 Å². The number of hydrogen-bond donors (Lipinski definition) is 0. The number of amides is 1. The molecule has 0 N–H and O–H groups in total. The largest absolute Gasteiger partial charge is 0.340 e. The lowest BCUT2D eigenvalue weighted by molar-refractivity contribution is -0.134. The fraction of sp³-hybridized carbons (Fsp3) is 0.222. The summed E-state index contributed by atoms with van der Waals surface area (Å²) < 4.78 is 14.5. The standard InChI is InChI=1S/C18H18FN5O/c1-23(12-15-7-9-16(19)10-8-15)18(25)17(24-13-20-21-22-24)11-14-5-3-2-4-6-14/h2-10,13,17H,11-12H2,1H3. The first-order valence-electron chi connectivity index (χ1n) is 7.89. The highest BCUT2D eigenvalue weighted by Crippen LogP contribution is 2.17. The molecule has 1 atom stereocenters. The molecule has 1 unspecified atom stereocenters. The van der Waals surface area contributed by atoms with Gasteiger partial charge in [-0.1, -0.05) is 42.5 Å². The second-order valence-electron chi connectivity index (χ2n) is 5.82. The molecule has 0 aliphatic rings. The van der Waals surface area contributed by atoms with Crippen LogP contribution in [0.5, 0.6) is 0 Å². The minimum atomic E-state index is -0.539. The summed E-state index contributed by atoms with van der Waals surface area (Å²) in [6.45, 7) is 0.381. The van der Waals surface area contributed by atoms with Crippen molar-refractivity contribution in [2.24, 2.45) is 0 Å². The van der Waals surface area contributed by atoms with E-state index in [1.54, 1.807) is 24.1 Å². The number of aromatic nitrogens is 4. The molecule has 0 saturated carbocycles. The Labute approximate surface area is 144 Å². The summed E-state index contributed by atoms with van der Waals surface area (Å²) in [6, 6.07) is 15.3. The molecule has 1 heterocycles. The highest BCUT2D eigenvalue weighted by Gasteiger charge is 2.25. The Hall–Kier alpha value is -3.09. The van der Waals surface area contributed by atoms with Crippen molar-refractivity contribution in [3.05, 3.63) is 77.9 Å². The molecule has 0 radical (unpaired) electrons. The minimum Gasteiger partial charge on any atom is -0.340 e. The zero-order chi connectivity index (χ0) is 17.6. The van der Waals surface area contributed by atoms with Gasteiger partial charge in [0, 0.05) is 20.0 Å². The van der Waals surface area contributed by atoms with Crippen molar-refractivity contribution in [3.8, 4) is 0 Å². The van der Waals surface area contributed by atoms with Crippen LogP contribution >= 0.6 is 0 Å². The molecule has 1 aromatic heterocycles. The van der Waals surface area contributed by atoms with E-state index in [1.165, 1.54) is 23.1 Å². The van der Waals surface area contributed by atoms with E-state index in [9.17, 15) is 9.18 Å². The maximum absolute atomic E-state index is 13.0. The summed E-state index contributed by atoms with van der Waals surface area (Å²) in [7, 11) is 1.72. The van der Waals surface area contributed by atoms with E-state index < -0.39 is 6.04 Å². The Kier molecular flexibility index (Phi) is 5.13. The zero-order valence-corrected chi connectivity index (χ0v) is 13.8. The number of carbonyl (C=O) groups is 1. The van der Waals surface area contributed by atoms with Gasteiger partial charge in [0.15, 0.2) is 0 Å². The fourth-order valence-corrected chi connectivity index (χ4v) is 2.64. The lowest BCUT2D eigenvalue weighted by Crippen LogP contribution is -2.35. The van der Waals surface area contributed by atoms with E-state index in [1.807, 2.05) is 30.3 Å². The van der Waals surface area contributed by atoms with Crippen LogP contribution in [0.3, 0.4) is 0 Å². The highest BCUT2D eigenvalue weighted by atomic mass is 19.1. The van der Waals surface area contributed by atoms with E-state index in [-0.39, 0.29) is 11.7 Å². The second kappa shape index (κ2) is 7.65. The van der Waals surface area contributed by atoms with Gasteiger partial charge in [0.1, 0.15) is 18.2 Å². The number of benzene rings is 2. The third-order valence-corrected chi connectivity index (χ3v) is 3.95. The molecule has 0 bridgehead atoms. The molecule has 7 heteroatoms. The summed E-state index contributed by atoms with van der Waals surface area (Å²) in [5.41, 5.74) is 1.87. The van der Waals surface area contributed by atoms with Gasteiger partial charge in [0.05, 0.1) is 0 Å². The number of tetrazole rings is 1. The van der Waals surface area contributed by atoms with Crippen molar-refractivity contribution in [2.45, 2.75) is 19.0 Å². The van der Waals surface area contributed by atoms with Crippen LogP contribution in [0, 0.1) is 5.82 Å². The number of halogens is 1. The Morgan fingerprint density at radius 1 is 1.12 bits per heavy atom. The van der Waals surface area contributed by atoms with Crippen molar-refractivity contribution in [1.82, 2.24) is 25.1 Å². The van der Waals surface area contributed by atoms with Crippen LogP contribution in [-0.4, -0.2) is 38.1 Å². The van der Waals surface area contributed by atoms with Crippen LogP contribution in [0.1, 0.15) is 17.2 Å². The highest BCUT2D eigenvalue weighted by molar-refractivity contribution is 5.80. The first-order chi connectivity index (χ1) is 12.1. The molecule has 0 saturated heterocycles. The lowest BCUT2D eigenvalue weighted by Gasteiger charge is -2.23. The first-order valence-corrected chi connectivity index (χ1v) is 7.89. The summed E-state index contributed by atoms with van der Waals surface area (Å²) in [6.07, 6.45) is 1.93.